The first-order chi connectivity index (χ1) is 54.3. The molecule has 0 saturated heterocycles. The summed E-state index contributed by atoms with van der Waals surface area (Å²) in [7, 11) is 17.3. The van der Waals surface area contributed by atoms with E-state index in [9.17, 15) is 13.2 Å². The molecule has 0 bridgehead atoms. The minimum atomic E-state index is -4.34. The molecule has 0 atom stereocenters. The van der Waals surface area contributed by atoms with Crippen LogP contribution in [-0.4, -0.2) is 148 Å². The minimum absolute atomic E-state index is 0. The van der Waals surface area contributed by atoms with Gasteiger partial charge in [-0.25, -0.2) is 4.98 Å². The number of aromatic nitrogens is 23. The zero-order valence-electron chi connectivity index (χ0n) is 78.8. The van der Waals surface area contributed by atoms with E-state index in [2.05, 4.69) is 245 Å². The van der Waals surface area contributed by atoms with Crippen molar-refractivity contribution in [3.63, 3.8) is 0 Å². The molecule has 0 aliphatic rings. The lowest BCUT2D eigenvalue weighted by molar-refractivity contribution is -0.141. The van der Waals surface area contributed by atoms with Crippen LogP contribution in [0.15, 0.2) is 68.0 Å². The molecule has 11 aromatic heterocycles. The molecular formula is C89H156F3N23O3. The SMILES string of the molecule is C.CC(C)c1cc(C(F)(F)F)nn1C.CC(C)c1ccnn1C.CC(C)c1cncn1C.CC(C)c1cnn(CCO)c1.CC(C)c1nncn1C.Cc1c(C(C)C)c(CCO)nn1C.Cc1c(C(C)C)cnn1C.Cc1cc(C(C)C)n(C)n1.Cc1n[nH]c(C)c1C(C)C.Cc1nn(C)c(CCO)c1C(C)C.Cc1nn(C)cc1C(C)C. The lowest BCUT2D eigenvalue weighted by atomic mass is 9.99. The molecule has 11 aromatic rings. The number of imidazole rings is 1. The molecule has 0 spiro atoms. The highest BCUT2D eigenvalue weighted by Gasteiger charge is 2.35. The second-order valence-electron chi connectivity index (χ2n) is 33.1. The number of aromatic amines is 1. The van der Waals surface area contributed by atoms with Gasteiger partial charge in [-0.15, -0.1) is 10.2 Å². The average molecular weight is 1650 g/mol. The van der Waals surface area contributed by atoms with Crippen LogP contribution in [0.4, 0.5) is 13.2 Å². The highest BCUT2D eigenvalue weighted by atomic mass is 19.4. The minimum Gasteiger partial charge on any atom is -0.396 e. The van der Waals surface area contributed by atoms with Crippen molar-refractivity contribution in [3.8, 4) is 0 Å². The summed E-state index contributed by atoms with van der Waals surface area (Å²) in [6, 6.07) is 5.26. The molecule has 118 heavy (non-hydrogen) atoms. The molecule has 666 valence electrons. The van der Waals surface area contributed by atoms with E-state index in [1.165, 1.54) is 79.3 Å². The van der Waals surface area contributed by atoms with Gasteiger partial charge in [-0.3, -0.25) is 42.6 Å². The van der Waals surface area contributed by atoms with Gasteiger partial charge in [0.1, 0.15) is 12.2 Å². The van der Waals surface area contributed by atoms with Gasteiger partial charge in [-0.05, 0) is 159 Å². The molecule has 11 rings (SSSR count). The van der Waals surface area contributed by atoms with Crippen LogP contribution in [0.2, 0.25) is 0 Å². The van der Waals surface area contributed by atoms with Crippen molar-refractivity contribution in [1.29, 1.82) is 0 Å². The van der Waals surface area contributed by atoms with Gasteiger partial charge in [0.25, 0.3) is 0 Å². The van der Waals surface area contributed by atoms with Crippen molar-refractivity contribution < 1.29 is 28.5 Å². The molecule has 11 heterocycles. The molecule has 0 fully saturated rings. The molecule has 0 aromatic carbocycles. The summed E-state index contributed by atoms with van der Waals surface area (Å²) in [4.78, 5) is 4.01. The molecule has 0 radical (unpaired) electrons. The smallest absolute Gasteiger partial charge is 0.396 e. The first-order valence-corrected chi connectivity index (χ1v) is 41.1. The first-order valence-electron chi connectivity index (χ1n) is 41.1. The van der Waals surface area contributed by atoms with E-state index in [4.69, 9.17) is 15.3 Å². The molecule has 0 amide bonds. The van der Waals surface area contributed by atoms with Crippen molar-refractivity contribution in [2.45, 2.75) is 299 Å². The summed E-state index contributed by atoms with van der Waals surface area (Å²) in [6.45, 7) is 62.3. The van der Waals surface area contributed by atoms with Gasteiger partial charge < -0.3 is 24.5 Å². The maximum Gasteiger partial charge on any atom is 0.435 e. The third-order valence-corrected chi connectivity index (χ3v) is 19.3. The summed E-state index contributed by atoms with van der Waals surface area (Å²) in [5, 5.41) is 74.1. The van der Waals surface area contributed by atoms with Crippen LogP contribution >= 0.6 is 0 Å². The second kappa shape index (κ2) is 52.8. The number of nitrogens with one attached hydrogen (secondary N) is 1. The first kappa shape index (κ1) is 109. The fourth-order valence-electron chi connectivity index (χ4n) is 13.2. The predicted molar refractivity (Wildman–Crippen MR) is 476 cm³/mol. The number of hydrogen-bond donors (Lipinski definition) is 4. The number of hydrogen-bond acceptors (Lipinski definition) is 15. The second-order valence-corrected chi connectivity index (χ2v) is 33.1. The van der Waals surface area contributed by atoms with Crippen LogP contribution in [0.5, 0.6) is 0 Å². The Balaban J connectivity index is 0.00000128. The van der Waals surface area contributed by atoms with Crippen LogP contribution in [0, 0.1) is 48.5 Å². The maximum absolute atomic E-state index is 12.2. The lowest BCUT2D eigenvalue weighted by Crippen LogP contribution is -2.06. The Morgan fingerprint density at radius 1 is 0.432 bits per heavy atom. The quantitative estimate of drug-likeness (QED) is 0.0659. The molecule has 26 nitrogen and oxygen atoms in total. The lowest BCUT2D eigenvalue weighted by Gasteiger charge is -2.07. The fraction of sp³-hybridized carbons (Fsp3) is 0.640. The zero-order chi connectivity index (χ0) is 90.0. The number of alkyl halides is 3. The molecule has 0 saturated carbocycles. The molecule has 0 aliphatic carbocycles. The van der Waals surface area contributed by atoms with Crippen LogP contribution in [0.25, 0.3) is 0 Å². The number of rotatable bonds is 17. The number of nitrogens with zero attached hydrogens (tertiary/aromatic N) is 22. The molecule has 0 aliphatic heterocycles. The molecule has 29 heteroatoms. The number of H-pyrrole nitrogens is 1. The Morgan fingerprint density at radius 3 is 1.26 bits per heavy atom. The monoisotopic (exact) mass is 1650 g/mol. The van der Waals surface area contributed by atoms with E-state index in [0.29, 0.717) is 84.3 Å². The summed E-state index contributed by atoms with van der Waals surface area (Å²) in [5.41, 5.74) is 21.9. The van der Waals surface area contributed by atoms with Gasteiger partial charge in [-0.1, -0.05) is 160 Å². The van der Waals surface area contributed by atoms with Crippen LogP contribution in [0.3, 0.4) is 0 Å². The standard InChI is InChI=1S/2C10H18N2O.C8H11F3N2.C8H14N2O.4C8H14N2.2C7H12N2.C6H11N3.CH4/c1-7(2)10-8(3)12(4)11-9(10)5-6-13;1-7(2)10-8(3)11-12(4)9(10)5-6-13;1-5(2)6-4-7(8(9,10)11)12-13(6)3;1-7(2)8-5-9-10(6-8)3-4-11;1-6(2)8-5-10(4)9-7(8)3;1-6(2)8-5-9-10(4)7(8)3;1-6(2)8-5-7(3)9-10(8)4;1-5(2)8-6(3)9-10-7(8)4;1-6(2)7-4-8-5-9(7)3;1-6(2)7-4-5-8-9(7)3;1-5(2)6-8-7-4-9(6)3;/h2*7,13H,5-6H2,1-4H3;4-5H,1-3H3;5-7,11H,3-4H2,1-2H3;3*5-6H,1-4H3;5H,1-4H3,(H,9,10);2*4-6H,1-3H3;4-5H,1-3H3;1H4. The fourth-order valence-corrected chi connectivity index (χ4v) is 13.2. The highest BCUT2D eigenvalue weighted by Crippen LogP contribution is 2.31. The Labute approximate surface area is 706 Å². The summed E-state index contributed by atoms with van der Waals surface area (Å²) in [5.74, 6) is 6.54. The summed E-state index contributed by atoms with van der Waals surface area (Å²) in [6.07, 6.45) is 12.1. The van der Waals surface area contributed by atoms with Crippen molar-refractivity contribution in [2.24, 2.45) is 63.4 Å². The molecular weight excluding hydrogens is 1500 g/mol. The topological polar surface area (TPSA) is 280 Å². The van der Waals surface area contributed by atoms with Crippen molar-refractivity contribution >= 4 is 0 Å². The molecule has 0 unspecified atom stereocenters. The zero-order valence-corrected chi connectivity index (χ0v) is 78.8. The third kappa shape index (κ3) is 35.8. The van der Waals surface area contributed by atoms with E-state index >= 15 is 0 Å². The van der Waals surface area contributed by atoms with E-state index in [0.717, 1.165) is 46.1 Å². The van der Waals surface area contributed by atoms with Crippen molar-refractivity contribution in [2.75, 3.05) is 19.8 Å². The van der Waals surface area contributed by atoms with Gasteiger partial charge in [0.05, 0.1) is 60.3 Å². The number of aryl methyl sites for hydroxylation is 14. The van der Waals surface area contributed by atoms with E-state index < -0.39 is 11.9 Å². The van der Waals surface area contributed by atoms with E-state index in [1.807, 2.05) is 172 Å². The van der Waals surface area contributed by atoms with E-state index in [-0.39, 0.29) is 33.2 Å². The van der Waals surface area contributed by atoms with Gasteiger partial charge in [0.2, 0.25) is 0 Å². The number of aliphatic hydroxyl groups excluding tert-OH is 3. The van der Waals surface area contributed by atoms with Crippen LogP contribution in [-0.2, 0) is 89.0 Å². The van der Waals surface area contributed by atoms with Gasteiger partial charge in [-0.2, -0.15) is 59.1 Å². The Kier molecular flexibility index (Phi) is 48.7. The van der Waals surface area contributed by atoms with Crippen LogP contribution < -0.4 is 0 Å². The Hall–Kier alpha value is -9.09. The molecule has 4 N–H and O–H groups in total. The highest BCUT2D eigenvalue weighted by molar-refractivity contribution is 5.30. The number of aliphatic hydroxyl groups is 3. The average Bonchev–Trinajstić information content (AvgIpc) is 1.62. The van der Waals surface area contributed by atoms with Gasteiger partial charge >= 0.3 is 6.18 Å². The van der Waals surface area contributed by atoms with Gasteiger partial charge in [0, 0.05) is 166 Å². The third-order valence-electron chi connectivity index (χ3n) is 19.3. The number of halogens is 3. The maximum atomic E-state index is 12.2. The largest absolute Gasteiger partial charge is 0.435 e. The van der Waals surface area contributed by atoms with E-state index in [1.54, 1.807) is 11.0 Å². The van der Waals surface area contributed by atoms with Gasteiger partial charge in [0.15, 0.2) is 5.69 Å². The van der Waals surface area contributed by atoms with Crippen molar-refractivity contribution in [3.05, 3.63) is 187 Å². The summed E-state index contributed by atoms with van der Waals surface area (Å²) >= 11 is 0. The normalized spacial score (nSPS) is 11.0. The summed E-state index contributed by atoms with van der Waals surface area (Å²) < 4.78 is 54.9. The van der Waals surface area contributed by atoms with Crippen LogP contribution in [0.1, 0.15) is 344 Å². The predicted octanol–water partition coefficient (Wildman–Crippen LogP) is 18.7. The van der Waals surface area contributed by atoms with Crippen molar-refractivity contribution in [1.82, 2.24) is 113 Å². The Bertz CT molecular complexity index is 4330. The Morgan fingerprint density at radius 2 is 0.975 bits per heavy atom.